The van der Waals surface area contributed by atoms with E-state index in [0.29, 0.717) is 17.6 Å². The molecule has 0 unspecified atom stereocenters. The average Bonchev–Trinajstić information content (AvgIpc) is 2.97. The zero-order valence-electron chi connectivity index (χ0n) is 20.2. The predicted molar refractivity (Wildman–Crippen MR) is 161 cm³/mol. The molecule has 5 aromatic carbocycles. The SMILES string of the molecule is Brc1cc(Br)cc(-c2nc(-c3ccc(-c4ccccc4)cc3)nc(-c3ccc(-c4ccccc4)cc3)[o+]2)c1. The highest BCUT2D eigenvalue weighted by molar-refractivity contribution is 9.11. The third kappa shape index (κ3) is 5.35. The molecule has 6 aromatic rings. The first-order valence-corrected chi connectivity index (χ1v) is 13.7. The quantitative estimate of drug-likeness (QED) is 0.180. The number of halogens is 2. The van der Waals surface area contributed by atoms with E-state index in [1.165, 1.54) is 5.56 Å². The second-order valence-corrected chi connectivity index (χ2v) is 10.6. The van der Waals surface area contributed by atoms with Crippen LogP contribution in [0.3, 0.4) is 0 Å². The summed E-state index contributed by atoms with van der Waals surface area (Å²) in [6.45, 7) is 0. The van der Waals surface area contributed by atoms with Gasteiger partial charge in [-0.2, -0.15) is 4.42 Å². The van der Waals surface area contributed by atoms with Gasteiger partial charge < -0.3 is 0 Å². The molecule has 0 amide bonds. The van der Waals surface area contributed by atoms with E-state index in [2.05, 4.69) is 92.5 Å². The summed E-state index contributed by atoms with van der Waals surface area (Å²) < 4.78 is 8.15. The van der Waals surface area contributed by atoms with Crippen LogP contribution in [-0.2, 0) is 0 Å². The van der Waals surface area contributed by atoms with Crippen molar-refractivity contribution in [3.8, 4) is 56.6 Å². The molecule has 0 spiro atoms. The smallest absolute Gasteiger partial charge is 0.166 e. The van der Waals surface area contributed by atoms with E-state index in [-0.39, 0.29) is 0 Å². The van der Waals surface area contributed by atoms with Crippen LogP contribution in [0.1, 0.15) is 0 Å². The Balaban J connectivity index is 1.44. The Morgan fingerprint density at radius 1 is 0.395 bits per heavy atom. The molecule has 0 saturated carbocycles. The van der Waals surface area contributed by atoms with Crippen molar-refractivity contribution in [1.82, 2.24) is 9.97 Å². The van der Waals surface area contributed by atoms with Gasteiger partial charge in [0.25, 0.3) is 0 Å². The molecule has 0 aliphatic rings. The van der Waals surface area contributed by atoms with Gasteiger partial charge in [-0.15, -0.1) is 9.97 Å². The molecule has 0 saturated heterocycles. The maximum atomic E-state index is 6.30. The van der Waals surface area contributed by atoms with Crippen LogP contribution in [0.2, 0.25) is 0 Å². The van der Waals surface area contributed by atoms with E-state index in [9.17, 15) is 0 Å². The number of hydrogen-bond donors (Lipinski definition) is 0. The zero-order valence-corrected chi connectivity index (χ0v) is 23.4. The summed E-state index contributed by atoms with van der Waals surface area (Å²) in [5.41, 5.74) is 7.25. The molecule has 1 aromatic heterocycles. The number of benzene rings is 5. The lowest BCUT2D eigenvalue weighted by molar-refractivity contribution is 0.540. The molecule has 6 rings (SSSR count). The lowest BCUT2D eigenvalue weighted by Gasteiger charge is -2.05. The van der Waals surface area contributed by atoms with Crippen LogP contribution in [0.4, 0.5) is 0 Å². The Kier molecular flexibility index (Phi) is 6.95. The molecule has 0 aliphatic heterocycles. The molecule has 3 nitrogen and oxygen atoms in total. The molecule has 0 radical (unpaired) electrons. The van der Waals surface area contributed by atoms with Crippen molar-refractivity contribution in [1.29, 1.82) is 0 Å². The molecule has 0 atom stereocenters. The van der Waals surface area contributed by atoms with Gasteiger partial charge in [0.1, 0.15) is 11.1 Å². The van der Waals surface area contributed by atoms with Crippen molar-refractivity contribution in [3.05, 3.63) is 136 Å². The van der Waals surface area contributed by atoms with Gasteiger partial charge in [0.05, 0.1) is 0 Å². The summed E-state index contributed by atoms with van der Waals surface area (Å²) in [5.74, 6) is 1.60. The first-order valence-electron chi connectivity index (χ1n) is 12.1. The monoisotopic (exact) mass is 619 g/mol. The first-order chi connectivity index (χ1) is 18.6. The molecule has 38 heavy (non-hydrogen) atoms. The van der Waals surface area contributed by atoms with Crippen molar-refractivity contribution in [2.24, 2.45) is 0 Å². The molecular weight excluding hydrogens is 600 g/mol. The molecule has 0 fully saturated rings. The second kappa shape index (κ2) is 10.8. The van der Waals surface area contributed by atoms with Crippen LogP contribution >= 0.6 is 31.9 Å². The third-order valence-electron chi connectivity index (χ3n) is 6.21. The molecule has 0 aliphatic carbocycles. The Labute approximate surface area is 238 Å². The fourth-order valence-corrected chi connectivity index (χ4v) is 5.58. The largest absolute Gasteiger partial charge is 0.464 e. The van der Waals surface area contributed by atoms with Gasteiger partial charge in [-0.05, 0) is 52.6 Å². The standard InChI is InChI=1S/C33H21Br2N2O/c34-29-19-28(20-30(35)21-29)33-37-31(26-15-11-24(12-16-26)22-7-3-1-4-8-22)36-32(38-33)27-17-13-25(14-18-27)23-9-5-2-6-10-23/h1-21H/q+1. The molecule has 5 heteroatoms. The van der Waals surface area contributed by atoms with Gasteiger partial charge in [0.15, 0.2) is 5.82 Å². The minimum absolute atomic E-state index is 0.492. The number of nitrogens with zero attached hydrogens (tertiary/aromatic N) is 2. The van der Waals surface area contributed by atoms with E-state index >= 15 is 0 Å². The summed E-state index contributed by atoms with van der Waals surface area (Å²) in [4.78, 5) is 9.68. The normalized spacial score (nSPS) is 10.9. The van der Waals surface area contributed by atoms with Gasteiger partial charge in [-0.25, -0.2) is 0 Å². The van der Waals surface area contributed by atoms with Gasteiger partial charge in [-0.3, -0.25) is 0 Å². The fraction of sp³-hybridized carbons (Fsp3) is 0. The molecular formula is C33H21Br2N2O+. The van der Waals surface area contributed by atoms with Crippen LogP contribution < -0.4 is 0 Å². The Bertz CT molecular complexity index is 1580. The number of rotatable bonds is 5. The van der Waals surface area contributed by atoms with Crippen LogP contribution in [0.15, 0.2) is 141 Å². The minimum atomic E-state index is 0.492. The maximum absolute atomic E-state index is 6.30. The fourth-order valence-electron chi connectivity index (χ4n) is 4.29. The molecule has 182 valence electrons. The Morgan fingerprint density at radius 2 is 0.789 bits per heavy atom. The second-order valence-electron chi connectivity index (χ2n) is 8.80. The van der Waals surface area contributed by atoms with Crippen molar-refractivity contribution >= 4 is 31.9 Å². The van der Waals surface area contributed by atoms with Gasteiger partial charge in [0, 0.05) is 14.5 Å². The Hall–Kier alpha value is -3.93. The summed E-state index contributed by atoms with van der Waals surface area (Å²) in [7, 11) is 0. The highest BCUT2D eigenvalue weighted by Gasteiger charge is 2.25. The van der Waals surface area contributed by atoms with Gasteiger partial charge in [-0.1, -0.05) is 129 Å². The van der Waals surface area contributed by atoms with E-state index in [0.717, 1.165) is 42.3 Å². The summed E-state index contributed by atoms with van der Waals surface area (Å²) >= 11 is 7.16. The van der Waals surface area contributed by atoms with Crippen LogP contribution in [0, 0.1) is 0 Å². The number of hydrogen-bond acceptors (Lipinski definition) is 2. The summed E-state index contributed by atoms with van der Waals surface area (Å²) in [6, 6.07) is 43.2. The van der Waals surface area contributed by atoms with E-state index in [1.807, 2.05) is 66.7 Å². The van der Waals surface area contributed by atoms with E-state index < -0.39 is 0 Å². The van der Waals surface area contributed by atoms with Crippen LogP contribution in [-0.4, -0.2) is 9.97 Å². The lowest BCUT2D eigenvalue weighted by Crippen LogP contribution is -1.96. The average molecular weight is 621 g/mol. The molecule has 0 bridgehead atoms. The van der Waals surface area contributed by atoms with E-state index in [1.54, 1.807) is 0 Å². The topological polar surface area (TPSA) is 37.1 Å². The van der Waals surface area contributed by atoms with Gasteiger partial charge in [0.2, 0.25) is 0 Å². The van der Waals surface area contributed by atoms with Crippen LogP contribution in [0.25, 0.3) is 56.6 Å². The van der Waals surface area contributed by atoms with Crippen molar-refractivity contribution < 1.29 is 4.42 Å². The van der Waals surface area contributed by atoms with Crippen LogP contribution in [0.5, 0.6) is 0 Å². The minimum Gasteiger partial charge on any atom is -0.166 e. The molecule has 0 N–H and O–H groups in total. The highest BCUT2D eigenvalue weighted by atomic mass is 79.9. The van der Waals surface area contributed by atoms with Crippen molar-refractivity contribution in [3.63, 3.8) is 0 Å². The predicted octanol–water partition coefficient (Wildman–Crippen LogP) is 10.2. The van der Waals surface area contributed by atoms with E-state index in [4.69, 9.17) is 14.4 Å². The Morgan fingerprint density at radius 3 is 1.29 bits per heavy atom. The summed E-state index contributed by atoms with van der Waals surface area (Å²) in [6.07, 6.45) is 0. The van der Waals surface area contributed by atoms with Gasteiger partial charge >= 0.3 is 11.8 Å². The summed E-state index contributed by atoms with van der Waals surface area (Å²) in [5, 5.41) is 0. The maximum Gasteiger partial charge on any atom is 0.464 e. The number of aromatic nitrogens is 2. The zero-order chi connectivity index (χ0) is 25.9. The highest BCUT2D eigenvalue weighted by Crippen LogP contribution is 2.32. The molecule has 1 heterocycles. The first kappa shape index (κ1) is 24.4. The van der Waals surface area contributed by atoms with Crippen molar-refractivity contribution in [2.45, 2.75) is 0 Å². The third-order valence-corrected chi connectivity index (χ3v) is 7.12. The lowest BCUT2D eigenvalue weighted by atomic mass is 10.0. The van der Waals surface area contributed by atoms with Crippen molar-refractivity contribution in [2.75, 3.05) is 0 Å².